The smallest absolute Gasteiger partial charge is 0.251 e. The monoisotopic (exact) mass is 325 g/mol. The van der Waals surface area contributed by atoms with Crippen molar-refractivity contribution in [3.05, 3.63) is 59.4 Å². The summed E-state index contributed by atoms with van der Waals surface area (Å²) in [5, 5.41) is 2.91. The minimum atomic E-state index is -0.0926. The first-order chi connectivity index (χ1) is 11.6. The lowest BCUT2D eigenvalue weighted by Crippen LogP contribution is -2.38. The van der Waals surface area contributed by atoms with Crippen molar-refractivity contribution in [1.82, 2.24) is 10.3 Å². The van der Waals surface area contributed by atoms with Crippen LogP contribution in [0.25, 0.3) is 0 Å². The minimum Gasteiger partial charge on any atom is -0.487 e. The summed E-state index contributed by atoms with van der Waals surface area (Å²) in [5.41, 5.74) is 8.53. The van der Waals surface area contributed by atoms with Gasteiger partial charge in [-0.1, -0.05) is 12.1 Å². The highest BCUT2D eigenvalue weighted by atomic mass is 16.5. The number of hydrogen-bond acceptors (Lipinski definition) is 4. The SMILES string of the molecule is Cc1ccc(OCc2cccc(C(=O)NCC(N)C3CC3)c2)cn1. The topological polar surface area (TPSA) is 77.2 Å². The largest absolute Gasteiger partial charge is 0.487 e. The maximum Gasteiger partial charge on any atom is 0.251 e. The van der Waals surface area contributed by atoms with Crippen LogP contribution in [-0.2, 0) is 6.61 Å². The van der Waals surface area contributed by atoms with E-state index in [9.17, 15) is 4.79 Å². The van der Waals surface area contributed by atoms with Crippen LogP contribution in [0.2, 0.25) is 0 Å². The van der Waals surface area contributed by atoms with Crippen LogP contribution in [0.15, 0.2) is 42.6 Å². The molecule has 1 atom stereocenters. The second-order valence-electron chi connectivity index (χ2n) is 6.34. The quantitative estimate of drug-likeness (QED) is 0.819. The van der Waals surface area contributed by atoms with E-state index in [0.29, 0.717) is 30.4 Å². The van der Waals surface area contributed by atoms with Crippen molar-refractivity contribution in [2.45, 2.75) is 32.4 Å². The van der Waals surface area contributed by atoms with E-state index in [4.69, 9.17) is 10.5 Å². The highest BCUT2D eigenvalue weighted by molar-refractivity contribution is 5.94. The van der Waals surface area contributed by atoms with Crippen molar-refractivity contribution in [2.24, 2.45) is 11.7 Å². The summed E-state index contributed by atoms with van der Waals surface area (Å²) in [6, 6.07) is 11.3. The number of amides is 1. The average Bonchev–Trinajstić information content (AvgIpc) is 3.44. The van der Waals surface area contributed by atoms with E-state index in [1.807, 2.05) is 37.3 Å². The molecule has 3 N–H and O–H groups in total. The number of nitrogens with one attached hydrogen (secondary N) is 1. The third-order valence-corrected chi connectivity index (χ3v) is 4.20. The number of hydrogen-bond donors (Lipinski definition) is 2. The Hall–Kier alpha value is -2.40. The van der Waals surface area contributed by atoms with E-state index >= 15 is 0 Å². The molecular weight excluding hydrogens is 302 g/mol. The Bertz CT molecular complexity index is 696. The number of pyridine rings is 1. The number of aromatic nitrogens is 1. The summed E-state index contributed by atoms with van der Waals surface area (Å²) in [4.78, 5) is 16.4. The number of nitrogens with zero attached hydrogens (tertiary/aromatic N) is 1. The van der Waals surface area contributed by atoms with Gasteiger partial charge < -0.3 is 15.8 Å². The average molecular weight is 325 g/mol. The third kappa shape index (κ3) is 4.55. The van der Waals surface area contributed by atoms with Gasteiger partial charge in [0.05, 0.1) is 6.20 Å². The van der Waals surface area contributed by atoms with Gasteiger partial charge in [0.15, 0.2) is 0 Å². The molecule has 0 bridgehead atoms. The highest BCUT2D eigenvalue weighted by Crippen LogP contribution is 2.31. The fourth-order valence-electron chi connectivity index (χ4n) is 2.51. The molecule has 0 spiro atoms. The number of ether oxygens (including phenoxy) is 1. The molecule has 1 saturated carbocycles. The van der Waals surface area contributed by atoms with E-state index in [-0.39, 0.29) is 11.9 Å². The van der Waals surface area contributed by atoms with Crippen LogP contribution in [0.4, 0.5) is 0 Å². The predicted octanol–water partition coefficient (Wildman–Crippen LogP) is 2.44. The molecule has 1 heterocycles. The second-order valence-corrected chi connectivity index (χ2v) is 6.34. The lowest BCUT2D eigenvalue weighted by Gasteiger charge is -2.12. The van der Waals surface area contributed by atoms with Gasteiger partial charge in [-0.25, -0.2) is 0 Å². The normalized spacial score (nSPS) is 14.9. The Labute approximate surface area is 142 Å². The Balaban J connectivity index is 1.54. The molecule has 1 fully saturated rings. The van der Waals surface area contributed by atoms with Gasteiger partial charge in [-0.2, -0.15) is 0 Å². The van der Waals surface area contributed by atoms with Crippen LogP contribution in [0.3, 0.4) is 0 Å². The van der Waals surface area contributed by atoms with Gasteiger partial charge in [0, 0.05) is 23.8 Å². The van der Waals surface area contributed by atoms with Crippen molar-refractivity contribution < 1.29 is 9.53 Å². The number of rotatable bonds is 7. The number of aryl methyl sites for hydroxylation is 1. The number of carbonyl (C=O) groups is 1. The molecule has 126 valence electrons. The molecule has 5 heteroatoms. The van der Waals surface area contributed by atoms with Crippen LogP contribution in [-0.4, -0.2) is 23.5 Å². The van der Waals surface area contributed by atoms with E-state index in [2.05, 4.69) is 10.3 Å². The van der Waals surface area contributed by atoms with Gasteiger partial charge in [-0.05, 0) is 55.5 Å². The second kappa shape index (κ2) is 7.45. The molecule has 1 aliphatic rings. The highest BCUT2D eigenvalue weighted by Gasteiger charge is 2.28. The lowest BCUT2D eigenvalue weighted by molar-refractivity contribution is 0.0950. The first-order valence-corrected chi connectivity index (χ1v) is 8.30. The standard InChI is InChI=1S/C19H23N3O2/c1-13-5-8-17(10-21-13)24-12-14-3-2-4-16(9-14)19(23)22-11-18(20)15-6-7-15/h2-5,8-10,15,18H,6-7,11-12,20H2,1H3,(H,22,23). The molecule has 3 rings (SSSR count). The molecule has 1 aromatic carbocycles. The summed E-state index contributed by atoms with van der Waals surface area (Å²) in [6.07, 6.45) is 4.06. The van der Waals surface area contributed by atoms with Crippen molar-refractivity contribution in [3.63, 3.8) is 0 Å². The van der Waals surface area contributed by atoms with Gasteiger partial charge in [-0.3, -0.25) is 9.78 Å². The van der Waals surface area contributed by atoms with Crippen LogP contribution < -0.4 is 15.8 Å². The number of nitrogens with two attached hydrogens (primary N) is 1. The number of carbonyl (C=O) groups excluding carboxylic acids is 1. The van der Waals surface area contributed by atoms with Crippen molar-refractivity contribution in [1.29, 1.82) is 0 Å². The molecule has 5 nitrogen and oxygen atoms in total. The maximum absolute atomic E-state index is 12.2. The Morgan fingerprint density at radius 3 is 2.92 bits per heavy atom. The Morgan fingerprint density at radius 2 is 2.21 bits per heavy atom. The maximum atomic E-state index is 12.2. The summed E-state index contributed by atoms with van der Waals surface area (Å²) >= 11 is 0. The first kappa shape index (κ1) is 16.5. The third-order valence-electron chi connectivity index (χ3n) is 4.20. The van der Waals surface area contributed by atoms with Gasteiger partial charge in [0.2, 0.25) is 0 Å². The fourth-order valence-corrected chi connectivity index (χ4v) is 2.51. The zero-order valence-electron chi connectivity index (χ0n) is 13.9. The summed E-state index contributed by atoms with van der Waals surface area (Å²) in [6.45, 7) is 2.85. The predicted molar refractivity (Wildman–Crippen MR) is 92.8 cm³/mol. The zero-order chi connectivity index (χ0) is 16.9. The molecule has 0 radical (unpaired) electrons. The van der Waals surface area contributed by atoms with Gasteiger partial charge in [0.1, 0.15) is 12.4 Å². The van der Waals surface area contributed by atoms with Crippen LogP contribution in [0.5, 0.6) is 5.75 Å². The molecule has 0 saturated heterocycles. The van der Waals surface area contributed by atoms with Crippen molar-refractivity contribution in [2.75, 3.05) is 6.54 Å². The summed E-state index contributed by atoms with van der Waals surface area (Å²) in [7, 11) is 0. The van der Waals surface area contributed by atoms with E-state index in [1.165, 1.54) is 12.8 Å². The van der Waals surface area contributed by atoms with E-state index in [1.54, 1.807) is 12.3 Å². The summed E-state index contributed by atoms with van der Waals surface area (Å²) in [5.74, 6) is 1.20. The van der Waals surface area contributed by atoms with E-state index < -0.39 is 0 Å². The molecule has 1 amide bonds. The molecule has 0 aliphatic heterocycles. The fraction of sp³-hybridized carbons (Fsp3) is 0.368. The van der Waals surface area contributed by atoms with Gasteiger partial charge in [-0.15, -0.1) is 0 Å². The summed E-state index contributed by atoms with van der Waals surface area (Å²) < 4.78 is 5.71. The minimum absolute atomic E-state index is 0.0644. The Kier molecular flexibility index (Phi) is 5.11. The molecule has 1 unspecified atom stereocenters. The molecule has 1 aliphatic carbocycles. The van der Waals surface area contributed by atoms with Gasteiger partial charge in [0.25, 0.3) is 5.91 Å². The molecule has 2 aromatic rings. The molecule has 24 heavy (non-hydrogen) atoms. The lowest BCUT2D eigenvalue weighted by atomic mass is 10.1. The van der Waals surface area contributed by atoms with Crippen LogP contribution in [0, 0.1) is 12.8 Å². The Morgan fingerprint density at radius 1 is 1.38 bits per heavy atom. The van der Waals surface area contributed by atoms with E-state index in [0.717, 1.165) is 11.3 Å². The van der Waals surface area contributed by atoms with Crippen LogP contribution >= 0.6 is 0 Å². The molecular formula is C19H23N3O2. The van der Waals surface area contributed by atoms with Crippen molar-refractivity contribution in [3.8, 4) is 5.75 Å². The molecule has 1 aromatic heterocycles. The zero-order valence-corrected chi connectivity index (χ0v) is 13.9. The van der Waals surface area contributed by atoms with Crippen molar-refractivity contribution >= 4 is 5.91 Å². The first-order valence-electron chi connectivity index (χ1n) is 8.30. The number of benzene rings is 1. The van der Waals surface area contributed by atoms with Crippen LogP contribution in [0.1, 0.15) is 34.5 Å². The van der Waals surface area contributed by atoms with Gasteiger partial charge >= 0.3 is 0 Å².